The number of aliphatic carboxylic acids is 1. The van der Waals surface area contributed by atoms with Gasteiger partial charge in [-0.25, -0.2) is 24.5 Å². The van der Waals surface area contributed by atoms with Crippen LogP contribution in [0.1, 0.15) is 12.6 Å². The molecule has 30 heavy (non-hydrogen) atoms. The van der Waals surface area contributed by atoms with Gasteiger partial charge in [0.15, 0.2) is 17.4 Å². The minimum absolute atomic E-state index is 0.161. The van der Waals surface area contributed by atoms with Crippen molar-refractivity contribution in [1.29, 1.82) is 0 Å². The van der Waals surface area contributed by atoms with Gasteiger partial charge in [-0.1, -0.05) is 0 Å². The number of rotatable bonds is 7. The number of fused-ring (bicyclic) bond motifs is 1. The van der Waals surface area contributed by atoms with Gasteiger partial charge < -0.3 is 40.9 Å². The second-order valence-electron chi connectivity index (χ2n) is 6.82. The van der Waals surface area contributed by atoms with Crippen LogP contribution < -0.4 is 10.6 Å². The first-order valence-corrected chi connectivity index (χ1v) is 8.95. The Morgan fingerprint density at radius 2 is 2.10 bits per heavy atom. The summed E-state index contributed by atoms with van der Waals surface area (Å²) in [5, 5.41) is 52.9. The number of nitrogens with one attached hydrogen (secondary N) is 2. The molecule has 0 unspecified atom stereocenters. The predicted octanol–water partition coefficient (Wildman–Crippen LogP) is -3.14. The zero-order valence-electron chi connectivity index (χ0n) is 15.8. The van der Waals surface area contributed by atoms with E-state index in [-0.39, 0.29) is 30.0 Å². The number of ether oxygens (including phenoxy) is 1. The molecule has 5 atom stereocenters. The summed E-state index contributed by atoms with van der Waals surface area (Å²) in [4.78, 5) is 35.3. The van der Waals surface area contributed by atoms with Crippen LogP contribution in [0.15, 0.2) is 12.7 Å². The number of carbonyl (C=O) groups excluding carboxylic acids is 1. The van der Waals surface area contributed by atoms with E-state index in [0.717, 1.165) is 0 Å². The lowest BCUT2D eigenvalue weighted by Gasteiger charge is -2.31. The van der Waals surface area contributed by atoms with Gasteiger partial charge in [0.2, 0.25) is 0 Å². The molecule has 2 aromatic rings. The van der Waals surface area contributed by atoms with Gasteiger partial charge in [-0.15, -0.1) is 0 Å². The quantitative estimate of drug-likeness (QED) is 0.235. The third-order valence-electron chi connectivity index (χ3n) is 4.83. The maximum absolute atomic E-state index is 12.0. The normalized spacial score (nSPS) is 25.8. The third kappa shape index (κ3) is 3.78. The molecule has 3 rings (SSSR count). The van der Waals surface area contributed by atoms with Gasteiger partial charge in [0, 0.05) is 0 Å². The van der Waals surface area contributed by atoms with Gasteiger partial charge in [-0.3, -0.25) is 4.57 Å². The molecule has 2 amide bonds. The van der Waals surface area contributed by atoms with Crippen LogP contribution in [0, 0.1) is 0 Å². The van der Waals surface area contributed by atoms with E-state index in [0.29, 0.717) is 0 Å². The Labute approximate surface area is 169 Å². The molecule has 3 heterocycles. The summed E-state index contributed by atoms with van der Waals surface area (Å²) in [5.41, 5.74) is -1.01. The van der Waals surface area contributed by atoms with Gasteiger partial charge in [-0.05, 0) is 6.92 Å². The van der Waals surface area contributed by atoms with Crippen molar-refractivity contribution in [3.63, 3.8) is 0 Å². The summed E-state index contributed by atoms with van der Waals surface area (Å²) in [7, 11) is 0. The van der Waals surface area contributed by atoms with Crippen LogP contribution in [0.3, 0.4) is 0 Å². The van der Waals surface area contributed by atoms with E-state index in [2.05, 4.69) is 25.6 Å². The minimum atomic E-state index is -1.68. The van der Waals surface area contributed by atoms with Crippen molar-refractivity contribution in [3.05, 3.63) is 18.3 Å². The van der Waals surface area contributed by atoms with Crippen LogP contribution in [0.4, 0.5) is 4.79 Å². The van der Waals surface area contributed by atoms with E-state index < -0.39 is 48.7 Å². The average molecular weight is 426 g/mol. The maximum Gasteiger partial charge on any atom is 0.328 e. The van der Waals surface area contributed by atoms with Crippen LogP contribution >= 0.6 is 0 Å². The average Bonchev–Trinajstić information content (AvgIpc) is 3.27. The van der Waals surface area contributed by atoms with Crippen LogP contribution in [0.2, 0.25) is 0 Å². The number of hydrogen-bond donors (Lipinski definition) is 7. The molecule has 0 radical (unpaired) electrons. The van der Waals surface area contributed by atoms with Crippen molar-refractivity contribution in [2.45, 2.75) is 43.5 Å². The van der Waals surface area contributed by atoms with E-state index in [1.165, 1.54) is 24.1 Å². The first-order valence-electron chi connectivity index (χ1n) is 8.95. The SMILES string of the molecule is C[C@@H](O)[C@H](NC(=O)NCc1ncnc2c1ncn2[C@@]1(CO)OC[C@H](O)[C@@H]1O)C(=O)O. The Morgan fingerprint density at radius 3 is 2.67 bits per heavy atom. The fourth-order valence-corrected chi connectivity index (χ4v) is 3.17. The van der Waals surface area contributed by atoms with Crippen molar-refractivity contribution in [1.82, 2.24) is 30.2 Å². The number of hydrogen-bond acceptors (Lipinski definition) is 10. The van der Waals surface area contributed by atoms with E-state index in [9.17, 15) is 30.0 Å². The highest BCUT2D eigenvalue weighted by Gasteiger charge is 2.51. The Hall–Kier alpha value is -2.91. The number of urea groups is 1. The third-order valence-corrected chi connectivity index (χ3v) is 4.83. The zero-order valence-corrected chi connectivity index (χ0v) is 15.8. The lowest BCUT2D eigenvalue weighted by molar-refractivity contribution is -0.149. The van der Waals surface area contributed by atoms with Crippen LogP contribution in [0.5, 0.6) is 0 Å². The number of carboxylic acid groups (broad SMARTS) is 1. The van der Waals surface area contributed by atoms with Gasteiger partial charge in [0.05, 0.1) is 37.9 Å². The van der Waals surface area contributed by atoms with Crippen molar-refractivity contribution < 1.29 is 39.9 Å². The van der Waals surface area contributed by atoms with Gasteiger partial charge in [0.1, 0.15) is 24.1 Å². The number of nitrogens with zero attached hydrogens (tertiary/aromatic N) is 4. The predicted molar refractivity (Wildman–Crippen MR) is 96.8 cm³/mol. The molecule has 1 aliphatic rings. The fourth-order valence-electron chi connectivity index (χ4n) is 3.17. The molecule has 0 spiro atoms. The number of aliphatic hydroxyl groups is 4. The van der Waals surface area contributed by atoms with Crippen molar-refractivity contribution in [2.24, 2.45) is 0 Å². The van der Waals surface area contributed by atoms with Crippen molar-refractivity contribution >= 4 is 23.2 Å². The molecular weight excluding hydrogens is 404 g/mol. The molecule has 164 valence electrons. The Morgan fingerprint density at radius 1 is 1.37 bits per heavy atom. The molecule has 1 fully saturated rings. The van der Waals surface area contributed by atoms with E-state index >= 15 is 0 Å². The number of aromatic nitrogens is 4. The number of aliphatic hydroxyl groups excluding tert-OH is 4. The molecule has 0 saturated carbocycles. The van der Waals surface area contributed by atoms with Gasteiger partial charge >= 0.3 is 12.0 Å². The topological polar surface area (TPSA) is 212 Å². The first-order chi connectivity index (χ1) is 14.2. The smallest absolute Gasteiger partial charge is 0.328 e. The number of imidazole rings is 1. The highest BCUT2D eigenvalue weighted by atomic mass is 16.6. The summed E-state index contributed by atoms with van der Waals surface area (Å²) in [6.07, 6.45) is -1.52. The second kappa shape index (κ2) is 8.45. The molecule has 0 aromatic carbocycles. The minimum Gasteiger partial charge on any atom is -0.480 e. The molecule has 0 bridgehead atoms. The summed E-state index contributed by atoms with van der Waals surface area (Å²) in [6.45, 7) is 0.209. The molecule has 7 N–H and O–H groups in total. The highest BCUT2D eigenvalue weighted by Crippen LogP contribution is 2.33. The number of carbonyl (C=O) groups is 2. The molecular formula is C16H22N6O8. The van der Waals surface area contributed by atoms with Crippen molar-refractivity contribution in [3.8, 4) is 0 Å². The van der Waals surface area contributed by atoms with Crippen LogP contribution in [-0.4, -0.2) is 94.6 Å². The fraction of sp³-hybridized carbons (Fsp3) is 0.562. The summed E-state index contributed by atoms with van der Waals surface area (Å²) in [5.74, 6) is -1.39. The maximum atomic E-state index is 12.0. The molecule has 2 aromatic heterocycles. The van der Waals surface area contributed by atoms with Gasteiger partial charge in [0.25, 0.3) is 0 Å². The van der Waals surface area contributed by atoms with Gasteiger partial charge in [-0.2, -0.15) is 0 Å². The lowest BCUT2D eigenvalue weighted by Crippen LogP contribution is -2.51. The van der Waals surface area contributed by atoms with Crippen LogP contribution in [-0.2, 0) is 21.8 Å². The molecule has 1 saturated heterocycles. The molecule has 14 heteroatoms. The lowest BCUT2D eigenvalue weighted by atomic mass is 10.1. The van der Waals surface area contributed by atoms with E-state index in [4.69, 9.17) is 9.84 Å². The Kier molecular flexibility index (Phi) is 6.14. The molecule has 1 aliphatic heterocycles. The standard InChI is InChI=1S/C16H22N6O8/c1-7(24)10(14(27)28)21-15(29)17-2-8-11-13(19-5-18-8)22(6-20-11)16(4-23)12(26)9(25)3-30-16/h5-7,9-10,12,23-26H,2-4H2,1H3,(H,27,28)(H2,17,21,29)/t7-,9+,10+,12+,16+/m1/s1. The Bertz CT molecular complexity index is 936. The molecule has 14 nitrogen and oxygen atoms in total. The summed E-state index contributed by atoms with van der Waals surface area (Å²) >= 11 is 0. The molecule has 0 aliphatic carbocycles. The van der Waals surface area contributed by atoms with Crippen molar-refractivity contribution in [2.75, 3.05) is 13.2 Å². The van der Waals surface area contributed by atoms with Crippen LogP contribution in [0.25, 0.3) is 11.2 Å². The number of amides is 2. The van der Waals surface area contributed by atoms with E-state index in [1.54, 1.807) is 0 Å². The monoisotopic (exact) mass is 426 g/mol. The highest BCUT2D eigenvalue weighted by molar-refractivity contribution is 5.83. The summed E-state index contributed by atoms with van der Waals surface area (Å²) < 4.78 is 6.73. The zero-order chi connectivity index (χ0) is 22.1. The van der Waals surface area contributed by atoms with E-state index in [1.807, 2.05) is 0 Å². The first kappa shape index (κ1) is 21.8. The number of carboxylic acids is 1. The largest absolute Gasteiger partial charge is 0.480 e. The summed E-state index contributed by atoms with van der Waals surface area (Å²) in [6, 6.07) is -2.34. The Balaban J connectivity index is 1.81. The second-order valence-corrected chi connectivity index (χ2v) is 6.82.